The Kier molecular flexibility index (Phi) is 5.24. The number of nitrogens with two attached hydrogens (primary N) is 1. The lowest BCUT2D eigenvalue weighted by molar-refractivity contribution is 0.0700. The first kappa shape index (κ1) is 25.0. The van der Waals surface area contributed by atoms with Gasteiger partial charge in [-0.25, -0.2) is 8.91 Å². The number of amides is 1. The van der Waals surface area contributed by atoms with Gasteiger partial charge >= 0.3 is 0 Å². The molecule has 3 N–H and O–H groups in total. The second-order valence-electron chi connectivity index (χ2n) is 12.8. The van der Waals surface area contributed by atoms with Crippen molar-refractivity contribution in [1.29, 1.82) is 0 Å². The smallest absolute Gasteiger partial charge is 0.255 e. The number of H-pyrrole nitrogens is 1. The van der Waals surface area contributed by atoms with Gasteiger partial charge in [0.2, 0.25) is 0 Å². The van der Waals surface area contributed by atoms with Gasteiger partial charge in [0.05, 0.1) is 23.0 Å². The van der Waals surface area contributed by atoms with E-state index in [0.717, 1.165) is 75.8 Å². The number of nitrogens with zero attached hydrogens (tertiary/aromatic N) is 5. The van der Waals surface area contributed by atoms with Crippen molar-refractivity contribution in [2.24, 2.45) is 17.6 Å². The van der Waals surface area contributed by atoms with Gasteiger partial charge in [0.15, 0.2) is 0 Å². The summed E-state index contributed by atoms with van der Waals surface area (Å²) in [7, 11) is 0. The highest BCUT2D eigenvalue weighted by molar-refractivity contribution is 5.98. The lowest BCUT2D eigenvalue weighted by atomic mass is 10.0. The van der Waals surface area contributed by atoms with Crippen molar-refractivity contribution in [1.82, 2.24) is 29.3 Å². The molecule has 2 saturated carbocycles. The number of fused-ring (bicyclic) bond motifs is 5. The summed E-state index contributed by atoms with van der Waals surface area (Å²) in [6.45, 7) is 3.78. The van der Waals surface area contributed by atoms with Crippen LogP contribution in [-0.4, -0.2) is 53.8 Å². The molecule has 3 fully saturated rings. The lowest BCUT2D eigenvalue weighted by Gasteiger charge is -2.27. The Hall–Kier alpha value is -4.50. The molecule has 9 heteroatoms. The summed E-state index contributed by atoms with van der Waals surface area (Å²) in [5.41, 5.74) is 14.6. The van der Waals surface area contributed by atoms with E-state index < -0.39 is 0 Å². The molecular formula is C34H32FN7O. The van der Waals surface area contributed by atoms with Crippen LogP contribution < -0.4 is 5.73 Å². The highest BCUT2D eigenvalue weighted by Gasteiger charge is 2.46. The Labute approximate surface area is 247 Å². The molecule has 1 aliphatic heterocycles. The summed E-state index contributed by atoms with van der Waals surface area (Å²) in [5, 5.41) is 13.9. The van der Waals surface area contributed by atoms with Gasteiger partial charge in [0.25, 0.3) is 5.91 Å². The molecule has 6 aromatic rings. The SMILES string of the molecule is Cc1c(-c2cc3ccc(-c4ccc(F)c5[nH]ncc45)cc3n2CC2CC2)nn2cc(C(=O)N3CC4CCC3[C@@H]4N)ccc12. The maximum absolute atomic E-state index is 14.4. The Morgan fingerprint density at radius 1 is 1.07 bits per heavy atom. The molecule has 2 aliphatic carbocycles. The number of aromatic nitrogens is 5. The number of pyridine rings is 1. The number of aryl methyl sites for hydroxylation is 1. The zero-order valence-electron chi connectivity index (χ0n) is 23.9. The molecule has 1 saturated heterocycles. The normalized spacial score (nSPS) is 21.7. The fourth-order valence-electron chi connectivity index (χ4n) is 7.62. The van der Waals surface area contributed by atoms with Gasteiger partial charge < -0.3 is 15.2 Å². The second-order valence-corrected chi connectivity index (χ2v) is 12.8. The number of benzene rings is 2. The second kappa shape index (κ2) is 9.00. The van der Waals surface area contributed by atoms with Gasteiger partial charge in [-0.15, -0.1) is 0 Å². The van der Waals surface area contributed by atoms with E-state index in [1.165, 1.54) is 18.9 Å². The first-order valence-electron chi connectivity index (χ1n) is 15.3. The minimum atomic E-state index is -0.305. The molecule has 8 nitrogen and oxygen atoms in total. The van der Waals surface area contributed by atoms with Crippen LogP contribution in [0.5, 0.6) is 0 Å². The molecule has 0 spiro atoms. The monoisotopic (exact) mass is 573 g/mol. The van der Waals surface area contributed by atoms with E-state index in [-0.39, 0.29) is 23.8 Å². The summed E-state index contributed by atoms with van der Waals surface area (Å²) < 4.78 is 18.7. The lowest BCUT2D eigenvalue weighted by Crippen LogP contribution is -2.41. The Morgan fingerprint density at radius 2 is 1.95 bits per heavy atom. The van der Waals surface area contributed by atoms with Crippen LogP contribution in [0.3, 0.4) is 0 Å². The maximum atomic E-state index is 14.4. The predicted molar refractivity (Wildman–Crippen MR) is 164 cm³/mol. The Balaban J connectivity index is 1.14. The number of carbonyl (C=O) groups is 1. The molecule has 5 heterocycles. The molecule has 0 radical (unpaired) electrons. The maximum Gasteiger partial charge on any atom is 0.255 e. The van der Waals surface area contributed by atoms with E-state index in [9.17, 15) is 9.18 Å². The summed E-state index contributed by atoms with van der Waals surface area (Å²) in [6.07, 6.45) is 8.13. The quantitative estimate of drug-likeness (QED) is 0.268. The third-order valence-corrected chi connectivity index (χ3v) is 10.2. The van der Waals surface area contributed by atoms with Crippen LogP contribution in [0.2, 0.25) is 0 Å². The zero-order chi connectivity index (χ0) is 29.0. The molecule has 2 unspecified atom stereocenters. The van der Waals surface area contributed by atoms with Crippen LogP contribution in [0.1, 0.15) is 41.6 Å². The molecule has 4 aromatic heterocycles. The van der Waals surface area contributed by atoms with Gasteiger partial charge in [0.1, 0.15) is 17.0 Å². The number of hydrogen-bond acceptors (Lipinski definition) is 4. The van der Waals surface area contributed by atoms with Crippen LogP contribution in [0.4, 0.5) is 4.39 Å². The first-order chi connectivity index (χ1) is 20.9. The fourth-order valence-corrected chi connectivity index (χ4v) is 7.62. The van der Waals surface area contributed by atoms with Crippen LogP contribution in [0.25, 0.3) is 49.8 Å². The molecular weight excluding hydrogens is 541 g/mol. The predicted octanol–water partition coefficient (Wildman–Crippen LogP) is 5.92. The topological polar surface area (TPSA) is 97.2 Å². The van der Waals surface area contributed by atoms with Gasteiger partial charge in [-0.1, -0.05) is 18.2 Å². The van der Waals surface area contributed by atoms with Crippen LogP contribution in [0.15, 0.2) is 60.9 Å². The van der Waals surface area contributed by atoms with E-state index >= 15 is 0 Å². The van der Waals surface area contributed by atoms with Crippen molar-refractivity contribution in [3.63, 3.8) is 0 Å². The standard InChI is InChI=1S/C34H32FN7O/c1-18-27-10-7-23(34(43)41-16-22-6-11-28(41)31(22)36)17-42(27)39-32(18)30-13-21-5-4-20(12-29(21)40(30)15-19-2-3-19)24-8-9-26(35)33-25(24)14-37-38-33/h4-5,7-10,12-14,17,19,22,28,31H,2-3,6,11,15-16,36H2,1H3,(H,37,38)/t22?,28?,31-/m1/s1. The molecule has 1 amide bonds. The Bertz CT molecular complexity index is 2100. The Morgan fingerprint density at radius 3 is 2.74 bits per heavy atom. The van der Waals surface area contributed by atoms with Crippen molar-refractivity contribution in [2.75, 3.05) is 6.54 Å². The van der Waals surface area contributed by atoms with Crippen molar-refractivity contribution in [2.45, 2.75) is 51.2 Å². The van der Waals surface area contributed by atoms with Gasteiger partial charge in [-0.05, 0) is 85.9 Å². The van der Waals surface area contributed by atoms with Crippen molar-refractivity contribution < 1.29 is 9.18 Å². The van der Waals surface area contributed by atoms with Crippen LogP contribution in [0, 0.1) is 24.6 Å². The molecule has 2 bridgehead atoms. The number of carbonyl (C=O) groups excluding carboxylic acids is 1. The highest BCUT2D eigenvalue weighted by atomic mass is 19.1. The molecule has 3 aliphatic rings. The minimum Gasteiger partial charge on any atom is -0.339 e. The number of halogens is 1. The zero-order valence-corrected chi connectivity index (χ0v) is 23.9. The molecule has 43 heavy (non-hydrogen) atoms. The summed E-state index contributed by atoms with van der Waals surface area (Å²) in [4.78, 5) is 15.5. The number of piperidine rings is 1. The number of hydrogen-bond donors (Lipinski definition) is 2. The van der Waals surface area contributed by atoms with Gasteiger partial charge in [-0.3, -0.25) is 9.89 Å². The molecule has 9 rings (SSSR count). The molecule has 2 aromatic carbocycles. The average Bonchev–Trinajstić information content (AvgIpc) is 3.33. The van der Waals surface area contributed by atoms with Crippen LogP contribution >= 0.6 is 0 Å². The van der Waals surface area contributed by atoms with E-state index in [4.69, 9.17) is 10.8 Å². The number of likely N-dealkylation sites (tertiary alicyclic amines) is 1. The summed E-state index contributed by atoms with van der Waals surface area (Å²) in [6, 6.07) is 16.2. The van der Waals surface area contributed by atoms with Crippen molar-refractivity contribution in [3.8, 4) is 22.5 Å². The molecule has 216 valence electrons. The number of aromatic amines is 1. The summed E-state index contributed by atoms with van der Waals surface area (Å²) in [5.74, 6) is 0.800. The fraction of sp³-hybridized carbons (Fsp3) is 0.324. The van der Waals surface area contributed by atoms with Crippen molar-refractivity contribution in [3.05, 3.63) is 77.9 Å². The third kappa shape index (κ3) is 3.73. The van der Waals surface area contributed by atoms with Gasteiger partial charge in [0, 0.05) is 53.2 Å². The minimum absolute atomic E-state index is 0.0437. The van der Waals surface area contributed by atoms with Crippen molar-refractivity contribution >= 4 is 33.2 Å². The average molecular weight is 574 g/mol. The largest absolute Gasteiger partial charge is 0.339 e. The van der Waals surface area contributed by atoms with Crippen LogP contribution in [-0.2, 0) is 6.54 Å². The number of rotatable bonds is 5. The first-order valence-corrected chi connectivity index (χ1v) is 15.3. The van der Waals surface area contributed by atoms with E-state index in [0.29, 0.717) is 22.9 Å². The van der Waals surface area contributed by atoms with E-state index in [1.807, 2.05) is 33.8 Å². The van der Waals surface area contributed by atoms with E-state index in [1.54, 1.807) is 6.20 Å². The molecule has 3 atom stereocenters. The third-order valence-electron chi connectivity index (χ3n) is 10.2. The number of nitrogens with one attached hydrogen (secondary N) is 1. The van der Waals surface area contributed by atoms with E-state index in [2.05, 4.69) is 46.0 Å². The summed E-state index contributed by atoms with van der Waals surface area (Å²) >= 11 is 0. The highest BCUT2D eigenvalue weighted by Crippen LogP contribution is 2.40. The van der Waals surface area contributed by atoms with Gasteiger partial charge in [-0.2, -0.15) is 10.2 Å².